The predicted molar refractivity (Wildman–Crippen MR) is 96.6 cm³/mol. The first kappa shape index (κ1) is 17.5. The van der Waals surface area contributed by atoms with Crippen LogP contribution in [0, 0.1) is 6.92 Å². The second-order valence-electron chi connectivity index (χ2n) is 5.53. The fourth-order valence-corrected chi connectivity index (χ4v) is 2.58. The molecule has 0 fully saturated rings. The molecule has 134 valence electrons. The van der Waals surface area contributed by atoms with Crippen LogP contribution in [0.5, 0.6) is 11.5 Å². The second kappa shape index (κ2) is 7.69. The summed E-state index contributed by atoms with van der Waals surface area (Å²) in [5, 5.41) is 10.5. The molecule has 1 heterocycles. The Morgan fingerprint density at radius 2 is 1.96 bits per heavy atom. The lowest BCUT2D eigenvalue weighted by Crippen LogP contribution is -2.14. The Bertz CT molecular complexity index is 921. The maximum absolute atomic E-state index is 12.6. The van der Waals surface area contributed by atoms with Crippen LogP contribution >= 0.6 is 0 Å². The van der Waals surface area contributed by atoms with E-state index >= 15 is 0 Å². The van der Waals surface area contributed by atoms with Gasteiger partial charge in [-0.25, -0.2) is 4.63 Å². The van der Waals surface area contributed by atoms with Crippen molar-refractivity contribution in [2.45, 2.75) is 13.8 Å². The lowest BCUT2D eigenvalue weighted by atomic mass is 10.1. The molecule has 0 bridgehead atoms. The van der Waals surface area contributed by atoms with Crippen LogP contribution in [-0.4, -0.2) is 29.9 Å². The Morgan fingerprint density at radius 1 is 1.15 bits per heavy atom. The van der Waals surface area contributed by atoms with Crippen LogP contribution in [0.15, 0.2) is 47.1 Å². The highest BCUT2D eigenvalue weighted by Crippen LogP contribution is 2.29. The quantitative estimate of drug-likeness (QED) is 0.727. The van der Waals surface area contributed by atoms with Crippen molar-refractivity contribution in [3.8, 4) is 22.8 Å². The molecule has 3 aromatic rings. The van der Waals surface area contributed by atoms with Gasteiger partial charge in [-0.05, 0) is 60.1 Å². The molecule has 0 saturated heterocycles. The van der Waals surface area contributed by atoms with E-state index in [0.717, 1.165) is 16.9 Å². The molecule has 3 rings (SSSR count). The number of hydrogen-bond acceptors (Lipinski definition) is 6. The van der Waals surface area contributed by atoms with Gasteiger partial charge in [0.25, 0.3) is 5.91 Å². The van der Waals surface area contributed by atoms with Crippen molar-refractivity contribution in [3.63, 3.8) is 0 Å². The van der Waals surface area contributed by atoms with E-state index in [1.165, 1.54) is 7.11 Å². The number of amides is 1. The number of carbonyl (C=O) groups excluding carboxylic acids is 1. The van der Waals surface area contributed by atoms with Gasteiger partial charge in [0.1, 0.15) is 11.5 Å². The number of carbonyl (C=O) groups is 1. The van der Waals surface area contributed by atoms with Gasteiger partial charge >= 0.3 is 0 Å². The first-order valence-corrected chi connectivity index (χ1v) is 8.14. The maximum Gasteiger partial charge on any atom is 0.260 e. The van der Waals surface area contributed by atoms with E-state index in [1.807, 2.05) is 32.0 Å². The summed E-state index contributed by atoms with van der Waals surface area (Å²) in [6, 6.07) is 12.5. The maximum atomic E-state index is 12.6. The zero-order chi connectivity index (χ0) is 18.5. The van der Waals surface area contributed by atoms with Crippen LogP contribution in [0.25, 0.3) is 11.3 Å². The standard InChI is InChI=1S/C19H19N3O4/c1-4-25-15-10-9-13(11-12(15)2)17-18(22-26-21-17)20-19(23)14-7-5-6-8-16(14)24-3/h5-11H,4H2,1-3H3,(H,20,22,23). The molecule has 0 aliphatic rings. The zero-order valence-electron chi connectivity index (χ0n) is 14.8. The van der Waals surface area contributed by atoms with Gasteiger partial charge in [-0.3, -0.25) is 4.79 Å². The minimum Gasteiger partial charge on any atom is -0.496 e. The third-order valence-corrected chi connectivity index (χ3v) is 3.82. The third kappa shape index (κ3) is 3.51. The van der Waals surface area contributed by atoms with Crippen LogP contribution in [0.4, 0.5) is 5.82 Å². The molecule has 0 aliphatic heterocycles. The normalized spacial score (nSPS) is 10.4. The SMILES string of the molecule is CCOc1ccc(-c2nonc2NC(=O)c2ccccc2OC)cc1C. The molecular weight excluding hydrogens is 334 g/mol. The molecule has 2 aromatic carbocycles. The van der Waals surface area contributed by atoms with Crippen LogP contribution in [0.2, 0.25) is 0 Å². The van der Waals surface area contributed by atoms with Crippen LogP contribution < -0.4 is 14.8 Å². The Labute approximate surface area is 150 Å². The van der Waals surface area contributed by atoms with Crippen molar-refractivity contribution in [1.29, 1.82) is 0 Å². The molecule has 0 radical (unpaired) electrons. The summed E-state index contributed by atoms with van der Waals surface area (Å²) in [5.74, 6) is 1.15. The van der Waals surface area contributed by atoms with Gasteiger partial charge in [0.2, 0.25) is 5.82 Å². The highest BCUT2D eigenvalue weighted by Gasteiger charge is 2.19. The molecule has 7 nitrogen and oxygen atoms in total. The van der Waals surface area contributed by atoms with Crippen LogP contribution in [0.3, 0.4) is 0 Å². The molecule has 0 spiro atoms. The zero-order valence-corrected chi connectivity index (χ0v) is 14.8. The van der Waals surface area contributed by atoms with Gasteiger partial charge in [-0.15, -0.1) is 0 Å². The molecular formula is C19H19N3O4. The van der Waals surface area contributed by atoms with Gasteiger partial charge in [0, 0.05) is 5.56 Å². The summed E-state index contributed by atoms with van der Waals surface area (Å²) in [4.78, 5) is 12.6. The lowest BCUT2D eigenvalue weighted by Gasteiger charge is -2.09. The van der Waals surface area contributed by atoms with Gasteiger partial charge in [-0.2, -0.15) is 0 Å². The fourth-order valence-electron chi connectivity index (χ4n) is 2.58. The van der Waals surface area contributed by atoms with Crippen molar-refractivity contribution in [2.24, 2.45) is 0 Å². The summed E-state index contributed by atoms with van der Waals surface area (Å²) in [6.07, 6.45) is 0. The highest BCUT2D eigenvalue weighted by atomic mass is 16.6. The molecule has 1 N–H and O–H groups in total. The first-order valence-electron chi connectivity index (χ1n) is 8.14. The van der Waals surface area contributed by atoms with Gasteiger partial charge in [-0.1, -0.05) is 12.1 Å². The number of methoxy groups -OCH3 is 1. The Balaban J connectivity index is 1.87. The van der Waals surface area contributed by atoms with E-state index in [4.69, 9.17) is 14.1 Å². The monoisotopic (exact) mass is 353 g/mol. The number of nitrogens with zero attached hydrogens (tertiary/aromatic N) is 2. The minimum absolute atomic E-state index is 0.240. The van der Waals surface area contributed by atoms with Crippen LogP contribution in [0.1, 0.15) is 22.8 Å². The predicted octanol–water partition coefficient (Wildman–Crippen LogP) is 3.70. The van der Waals surface area contributed by atoms with E-state index in [1.54, 1.807) is 24.3 Å². The number of anilines is 1. The summed E-state index contributed by atoms with van der Waals surface area (Å²) in [6.45, 7) is 4.46. The molecule has 0 atom stereocenters. The number of benzene rings is 2. The van der Waals surface area contributed by atoms with E-state index in [9.17, 15) is 4.79 Å². The van der Waals surface area contributed by atoms with E-state index in [0.29, 0.717) is 23.6 Å². The number of aryl methyl sites for hydroxylation is 1. The molecule has 0 saturated carbocycles. The van der Waals surface area contributed by atoms with Gasteiger partial charge in [0.05, 0.1) is 19.3 Å². The van der Waals surface area contributed by atoms with E-state index < -0.39 is 0 Å². The summed E-state index contributed by atoms with van der Waals surface area (Å²) in [7, 11) is 1.51. The molecule has 0 unspecified atom stereocenters. The number of ether oxygens (including phenoxy) is 2. The molecule has 1 aromatic heterocycles. The highest BCUT2D eigenvalue weighted by molar-refractivity contribution is 6.07. The molecule has 0 aliphatic carbocycles. The number of aromatic nitrogens is 2. The average molecular weight is 353 g/mol. The number of para-hydroxylation sites is 1. The molecule has 7 heteroatoms. The first-order chi connectivity index (χ1) is 12.6. The number of hydrogen-bond donors (Lipinski definition) is 1. The van der Waals surface area contributed by atoms with Crippen molar-refractivity contribution in [2.75, 3.05) is 19.0 Å². The summed E-state index contributed by atoms with van der Waals surface area (Å²) >= 11 is 0. The third-order valence-electron chi connectivity index (χ3n) is 3.82. The van der Waals surface area contributed by atoms with Crippen molar-refractivity contribution >= 4 is 11.7 Å². The second-order valence-corrected chi connectivity index (χ2v) is 5.53. The average Bonchev–Trinajstić information content (AvgIpc) is 3.11. The number of nitrogens with one attached hydrogen (secondary N) is 1. The number of rotatable bonds is 6. The van der Waals surface area contributed by atoms with Crippen LogP contribution in [-0.2, 0) is 0 Å². The Hall–Kier alpha value is -3.35. The van der Waals surface area contributed by atoms with E-state index in [-0.39, 0.29) is 11.7 Å². The summed E-state index contributed by atoms with van der Waals surface area (Å²) in [5.41, 5.74) is 2.56. The topological polar surface area (TPSA) is 86.5 Å². The Morgan fingerprint density at radius 3 is 2.69 bits per heavy atom. The summed E-state index contributed by atoms with van der Waals surface area (Å²) < 4.78 is 15.6. The van der Waals surface area contributed by atoms with Crippen molar-refractivity contribution in [3.05, 3.63) is 53.6 Å². The van der Waals surface area contributed by atoms with E-state index in [2.05, 4.69) is 15.6 Å². The lowest BCUT2D eigenvalue weighted by molar-refractivity contribution is 0.102. The van der Waals surface area contributed by atoms with Crippen molar-refractivity contribution < 1.29 is 18.9 Å². The molecule has 1 amide bonds. The smallest absolute Gasteiger partial charge is 0.260 e. The Kier molecular flexibility index (Phi) is 5.17. The van der Waals surface area contributed by atoms with Gasteiger partial charge in [0.15, 0.2) is 5.69 Å². The van der Waals surface area contributed by atoms with Crippen molar-refractivity contribution in [1.82, 2.24) is 10.3 Å². The minimum atomic E-state index is -0.359. The van der Waals surface area contributed by atoms with Gasteiger partial charge < -0.3 is 14.8 Å². The molecule has 26 heavy (non-hydrogen) atoms. The largest absolute Gasteiger partial charge is 0.496 e. The fraction of sp³-hybridized carbons (Fsp3) is 0.211.